The van der Waals surface area contributed by atoms with Gasteiger partial charge in [-0.05, 0) is 34.9 Å². The zero-order valence-corrected chi connectivity index (χ0v) is 11.1. The van der Waals surface area contributed by atoms with Crippen LogP contribution in [-0.4, -0.2) is 11.7 Å². The van der Waals surface area contributed by atoms with Crippen molar-refractivity contribution in [3.8, 4) is 0 Å². The van der Waals surface area contributed by atoms with Gasteiger partial charge in [-0.25, -0.2) is 0 Å². The molecule has 0 spiro atoms. The molecule has 0 fully saturated rings. The first kappa shape index (κ1) is 12.6. The average Bonchev–Trinajstić information content (AvgIpc) is 2.72. The van der Waals surface area contributed by atoms with Gasteiger partial charge >= 0.3 is 0 Å². The van der Waals surface area contributed by atoms with Crippen molar-refractivity contribution < 1.29 is 5.11 Å². The number of thiophene rings is 1. The topological polar surface area (TPSA) is 46.2 Å². The van der Waals surface area contributed by atoms with E-state index in [1.54, 1.807) is 11.3 Å². The third-order valence-electron chi connectivity index (χ3n) is 3.36. The van der Waals surface area contributed by atoms with Gasteiger partial charge in [0.05, 0.1) is 6.10 Å². The molecule has 0 saturated carbocycles. The maximum absolute atomic E-state index is 10.5. The first-order chi connectivity index (χ1) is 8.15. The Morgan fingerprint density at radius 3 is 2.65 bits per heavy atom. The minimum Gasteiger partial charge on any atom is -0.388 e. The highest BCUT2D eigenvalue weighted by molar-refractivity contribution is 7.17. The molecule has 0 amide bonds. The Morgan fingerprint density at radius 2 is 2.00 bits per heavy atom. The maximum atomic E-state index is 10.5. The van der Waals surface area contributed by atoms with Gasteiger partial charge in [0.1, 0.15) is 0 Å². The van der Waals surface area contributed by atoms with Gasteiger partial charge in [-0.3, -0.25) is 0 Å². The molecule has 3 heteroatoms. The monoisotopic (exact) mass is 249 g/mol. The van der Waals surface area contributed by atoms with E-state index in [1.807, 2.05) is 12.1 Å². The Bertz CT molecular complexity index is 492. The fourth-order valence-corrected chi connectivity index (χ4v) is 3.21. The van der Waals surface area contributed by atoms with E-state index in [4.69, 9.17) is 5.73 Å². The summed E-state index contributed by atoms with van der Waals surface area (Å²) in [5, 5.41) is 13.7. The van der Waals surface area contributed by atoms with Gasteiger partial charge in [0.25, 0.3) is 0 Å². The van der Waals surface area contributed by atoms with E-state index < -0.39 is 6.10 Å². The Labute approximate surface area is 106 Å². The summed E-state index contributed by atoms with van der Waals surface area (Å²) in [6, 6.07) is 8.19. The van der Waals surface area contributed by atoms with Crippen LogP contribution in [0.4, 0.5) is 0 Å². The molecule has 0 aliphatic rings. The van der Waals surface area contributed by atoms with E-state index in [0.717, 1.165) is 10.9 Å². The summed E-state index contributed by atoms with van der Waals surface area (Å²) >= 11 is 1.68. The Morgan fingerprint density at radius 1 is 1.29 bits per heavy atom. The molecule has 0 bridgehead atoms. The zero-order valence-electron chi connectivity index (χ0n) is 10.3. The number of hydrogen-bond donors (Lipinski definition) is 2. The van der Waals surface area contributed by atoms with E-state index in [-0.39, 0.29) is 5.92 Å². The molecule has 0 radical (unpaired) electrons. The van der Waals surface area contributed by atoms with Gasteiger partial charge in [0, 0.05) is 10.6 Å². The van der Waals surface area contributed by atoms with Crippen LogP contribution in [0.15, 0.2) is 29.6 Å². The van der Waals surface area contributed by atoms with E-state index >= 15 is 0 Å². The van der Waals surface area contributed by atoms with Crippen molar-refractivity contribution in [2.24, 2.45) is 17.6 Å². The number of hydrogen-bond acceptors (Lipinski definition) is 3. The minimum atomic E-state index is -0.462. The van der Waals surface area contributed by atoms with E-state index in [9.17, 15) is 5.11 Å². The van der Waals surface area contributed by atoms with Gasteiger partial charge in [0.15, 0.2) is 0 Å². The molecule has 1 aromatic carbocycles. The standard InChI is InChI=1S/C14H19NOS/c1-9(2)11(7-15)14(16)12-8-17-13-6-4-3-5-10(12)13/h3-6,8-9,11,14,16H,7,15H2,1-2H3. The van der Waals surface area contributed by atoms with Gasteiger partial charge in [-0.1, -0.05) is 32.0 Å². The quantitative estimate of drug-likeness (QED) is 0.874. The van der Waals surface area contributed by atoms with E-state index in [0.29, 0.717) is 12.5 Å². The second-order valence-corrected chi connectivity index (χ2v) is 5.69. The Kier molecular flexibility index (Phi) is 3.82. The van der Waals surface area contributed by atoms with Crippen molar-refractivity contribution in [2.75, 3.05) is 6.54 Å². The third-order valence-corrected chi connectivity index (χ3v) is 4.35. The molecule has 17 heavy (non-hydrogen) atoms. The smallest absolute Gasteiger partial charge is 0.0846 e. The Balaban J connectivity index is 2.39. The summed E-state index contributed by atoms with van der Waals surface area (Å²) in [6.07, 6.45) is -0.462. The maximum Gasteiger partial charge on any atom is 0.0846 e. The first-order valence-electron chi connectivity index (χ1n) is 5.99. The van der Waals surface area contributed by atoms with Crippen LogP contribution in [-0.2, 0) is 0 Å². The molecular weight excluding hydrogens is 230 g/mol. The summed E-state index contributed by atoms with van der Waals surface area (Å²) in [6.45, 7) is 4.73. The fourth-order valence-electron chi connectivity index (χ4n) is 2.22. The van der Waals surface area contributed by atoms with E-state index in [2.05, 4.69) is 31.4 Å². The molecule has 0 aliphatic heterocycles. The Hall–Kier alpha value is -0.900. The zero-order chi connectivity index (χ0) is 12.4. The number of aliphatic hydroxyl groups excluding tert-OH is 1. The lowest BCUT2D eigenvalue weighted by atomic mass is 9.86. The molecule has 2 unspecified atom stereocenters. The van der Waals surface area contributed by atoms with Crippen LogP contribution in [0, 0.1) is 11.8 Å². The third kappa shape index (κ3) is 2.37. The predicted molar refractivity (Wildman–Crippen MR) is 74.2 cm³/mol. The van der Waals surface area contributed by atoms with Crippen LogP contribution >= 0.6 is 11.3 Å². The van der Waals surface area contributed by atoms with Gasteiger partial charge in [0.2, 0.25) is 0 Å². The molecule has 2 nitrogen and oxygen atoms in total. The molecule has 1 aromatic heterocycles. The average molecular weight is 249 g/mol. The first-order valence-corrected chi connectivity index (χ1v) is 6.87. The number of fused-ring (bicyclic) bond motifs is 1. The van der Waals surface area contributed by atoms with Crippen LogP contribution in [0.1, 0.15) is 25.5 Å². The van der Waals surface area contributed by atoms with Crippen molar-refractivity contribution in [3.05, 3.63) is 35.2 Å². The normalized spacial score (nSPS) is 15.4. The highest BCUT2D eigenvalue weighted by atomic mass is 32.1. The largest absolute Gasteiger partial charge is 0.388 e. The fraction of sp³-hybridized carbons (Fsp3) is 0.429. The molecule has 2 rings (SSSR count). The lowest BCUT2D eigenvalue weighted by Gasteiger charge is -2.24. The molecule has 0 aliphatic carbocycles. The molecule has 92 valence electrons. The second-order valence-electron chi connectivity index (χ2n) is 4.78. The lowest BCUT2D eigenvalue weighted by Crippen LogP contribution is -2.26. The van der Waals surface area contributed by atoms with Gasteiger partial charge in [-0.2, -0.15) is 0 Å². The highest BCUT2D eigenvalue weighted by Crippen LogP contribution is 2.35. The van der Waals surface area contributed by atoms with Crippen molar-refractivity contribution >= 4 is 21.4 Å². The van der Waals surface area contributed by atoms with Crippen LogP contribution in [0.25, 0.3) is 10.1 Å². The highest BCUT2D eigenvalue weighted by Gasteiger charge is 2.24. The van der Waals surface area contributed by atoms with Gasteiger partial charge < -0.3 is 10.8 Å². The number of nitrogens with two attached hydrogens (primary N) is 1. The molecule has 3 N–H and O–H groups in total. The lowest BCUT2D eigenvalue weighted by molar-refractivity contribution is 0.0877. The number of benzene rings is 1. The summed E-state index contributed by atoms with van der Waals surface area (Å²) in [5.41, 5.74) is 6.79. The number of rotatable bonds is 4. The molecule has 0 saturated heterocycles. The van der Waals surface area contributed by atoms with Gasteiger partial charge in [-0.15, -0.1) is 11.3 Å². The number of aliphatic hydroxyl groups is 1. The van der Waals surface area contributed by atoms with Crippen LogP contribution < -0.4 is 5.73 Å². The summed E-state index contributed by atoms with van der Waals surface area (Å²) < 4.78 is 1.22. The van der Waals surface area contributed by atoms with Crippen molar-refractivity contribution in [3.63, 3.8) is 0 Å². The molecule has 1 heterocycles. The molecule has 2 atom stereocenters. The summed E-state index contributed by atoms with van der Waals surface area (Å²) in [4.78, 5) is 0. The van der Waals surface area contributed by atoms with Crippen molar-refractivity contribution in [1.82, 2.24) is 0 Å². The summed E-state index contributed by atoms with van der Waals surface area (Å²) in [7, 11) is 0. The molecule has 2 aromatic rings. The predicted octanol–water partition coefficient (Wildman–Crippen LogP) is 3.17. The SMILES string of the molecule is CC(C)C(CN)C(O)c1csc2ccccc12. The molecular formula is C14H19NOS. The van der Waals surface area contributed by atoms with Crippen LogP contribution in [0.5, 0.6) is 0 Å². The van der Waals surface area contributed by atoms with Crippen molar-refractivity contribution in [2.45, 2.75) is 20.0 Å². The second kappa shape index (κ2) is 5.17. The summed E-state index contributed by atoms with van der Waals surface area (Å²) in [5.74, 6) is 0.502. The van der Waals surface area contributed by atoms with Crippen molar-refractivity contribution in [1.29, 1.82) is 0 Å². The van der Waals surface area contributed by atoms with Crippen LogP contribution in [0.3, 0.4) is 0 Å². The van der Waals surface area contributed by atoms with E-state index in [1.165, 1.54) is 4.70 Å². The minimum absolute atomic E-state index is 0.119. The van der Waals surface area contributed by atoms with Crippen LogP contribution in [0.2, 0.25) is 0 Å².